The lowest BCUT2D eigenvalue weighted by molar-refractivity contribution is 0.165. The molecule has 0 radical (unpaired) electrons. The van der Waals surface area contributed by atoms with Crippen LogP contribution in [0.3, 0.4) is 0 Å². The fourth-order valence-electron chi connectivity index (χ4n) is 2.84. The lowest BCUT2D eigenvalue weighted by Gasteiger charge is -2.33. The molecule has 4 heteroatoms. The molecule has 1 aromatic carbocycles. The second-order valence-electron chi connectivity index (χ2n) is 5.68. The Bertz CT molecular complexity index is 425. The molecular formula is C16H24ClFN2. The number of hydrogen-bond acceptors (Lipinski definition) is 2. The van der Waals surface area contributed by atoms with Crippen LogP contribution in [0.1, 0.15) is 31.7 Å². The zero-order valence-corrected chi connectivity index (χ0v) is 12.9. The molecular weight excluding hydrogens is 275 g/mol. The summed E-state index contributed by atoms with van der Waals surface area (Å²) in [6.07, 6.45) is 3.71. The summed E-state index contributed by atoms with van der Waals surface area (Å²) in [6, 6.07) is 4.70. The normalized spacial score (nSPS) is 20.2. The predicted molar refractivity (Wildman–Crippen MR) is 82.6 cm³/mol. The zero-order valence-electron chi connectivity index (χ0n) is 12.2. The van der Waals surface area contributed by atoms with Crippen LogP contribution in [0.25, 0.3) is 0 Å². The van der Waals surface area contributed by atoms with Gasteiger partial charge in [0.2, 0.25) is 0 Å². The standard InChI is InChI=1S/C16H24ClFN2/c1-2-7-19-10-13-4-3-8-20(11-13)12-14-5-6-15(18)9-16(14)17/h5-6,9,13,19H,2-4,7-8,10-12H2,1H3. The molecule has 2 nitrogen and oxygen atoms in total. The second kappa shape index (κ2) is 7.96. The minimum Gasteiger partial charge on any atom is -0.316 e. The van der Waals surface area contributed by atoms with Crippen molar-refractivity contribution >= 4 is 11.6 Å². The van der Waals surface area contributed by atoms with Gasteiger partial charge in [-0.1, -0.05) is 24.6 Å². The van der Waals surface area contributed by atoms with Gasteiger partial charge in [-0.25, -0.2) is 4.39 Å². The highest BCUT2D eigenvalue weighted by Gasteiger charge is 2.20. The molecule has 0 spiro atoms. The first-order valence-corrected chi connectivity index (χ1v) is 7.94. The number of benzene rings is 1. The first-order valence-electron chi connectivity index (χ1n) is 7.56. The molecule has 1 fully saturated rings. The number of halogens is 2. The van der Waals surface area contributed by atoms with Crippen LogP contribution in [0.4, 0.5) is 4.39 Å². The van der Waals surface area contributed by atoms with Gasteiger partial charge in [0.15, 0.2) is 0 Å². The van der Waals surface area contributed by atoms with Crippen molar-refractivity contribution in [1.82, 2.24) is 10.2 Å². The number of nitrogens with zero attached hydrogens (tertiary/aromatic N) is 1. The topological polar surface area (TPSA) is 15.3 Å². The molecule has 2 rings (SSSR count). The molecule has 0 aromatic heterocycles. The van der Waals surface area contributed by atoms with Gasteiger partial charge in [0.1, 0.15) is 5.82 Å². The molecule has 0 saturated carbocycles. The predicted octanol–water partition coefficient (Wildman–Crippen LogP) is 3.69. The van der Waals surface area contributed by atoms with E-state index < -0.39 is 0 Å². The van der Waals surface area contributed by atoms with Crippen LogP contribution in [0.5, 0.6) is 0 Å². The van der Waals surface area contributed by atoms with Crippen LogP contribution in [0.2, 0.25) is 5.02 Å². The van der Waals surface area contributed by atoms with Crippen LogP contribution in [-0.4, -0.2) is 31.1 Å². The van der Waals surface area contributed by atoms with Crippen LogP contribution in [-0.2, 0) is 6.54 Å². The van der Waals surface area contributed by atoms with Gasteiger partial charge in [0.25, 0.3) is 0 Å². The van der Waals surface area contributed by atoms with Crippen molar-refractivity contribution in [2.45, 2.75) is 32.7 Å². The van der Waals surface area contributed by atoms with Crippen molar-refractivity contribution in [3.63, 3.8) is 0 Å². The maximum absolute atomic E-state index is 13.1. The minimum atomic E-state index is -0.265. The molecule has 1 aliphatic heterocycles. The van der Waals surface area contributed by atoms with E-state index in [-0.39, 0.29) is 5.82 Å². The van der Waals surface area contributed by atoms with Crippen molar-refractivity contribution in [1.29, 1.82) is 0 Å². The van der Waals surface area contributed by atoms with E-state index in [9.17, 15) is 4.39 Å². The second-order valence-corrected chi connectivity index (χ2v) is 6.09. The summed E-state index contributed by atoms with van der Waals surface area (Å²) in [4.78, 5) is 2.43. The molecule has 1 heterocycles. The Morgan fingerprint density at radius 1 is 1.45 bits per heavy atom. The number of likely N-dealkylation sites (tertiary alicyclic amines) is 1. The van der Waals surface area contributed by atoms with Crippen LogP contribution in [0.15, 0.2) is 18.2 Å². The fraction of sp³-hybridized carbons (Fsp3) is 0.625. The number of piperidine rings is 1. The molecule has 1 aromatic rings. The van der Waals surface area contributed by atoms with Crippen LogP contribution < -0.4 is 5.32 Å². The molecule has 1 unspecified atom stereocenters. The van der Waals surface area contributed by atoms with Crippen molar-refractivity contribution < 1.29 is 4.39 Å². The van der Waals surface area contributed by atoms with Gasteiger partial charge in [-0.3, -0.25) is 4.90 Å². The smallest absolute Gasteiger partial charge is 0.124 e. The maximum Gasteiger partial charge on any atom is 0.124 e. The molecule has 1 atom stereocenters. The molecule has 1 saturated heterocycles. The Labute approximate surface area is 126 Å². The molecule has 0 aliphatic carbocycles. The molecule has 1 aliphatic rings. The Morgan fingerprint density at radius 2 is 2.30 bits per heavy atom. The summed E-state index contributed by atoms with van der Waals surface area (Å²) in [5.41, 5.74) is 1.02. The molecule has 0 amide bonds. The lowest BCUT2D eigenvalue weighted by Crippen LogP contribution is -2.39. The Hall–Kier alpha value is -0.640. The molecule has 0 bridgehead atoms. The van der Waals surface area contributed by atoms with Gasteiger partial charge in [-0.15, -0.1) is 0 Å². The first-order chi connectivity index (χ1) is 9.69. The molecule has 1 N–H and O–H groups in total. The SMILES string of the molecule is CCCNCC1CCCN(Cc2ccc(F)cc2Cl)C1. The Morgan fingerprint density at radius 3 is 3.05 bits per heavy atom. The van der Waals surface area contributed by atoms with Gasteiger partial charge >= 0.3 is 0 Å². The van der Waals surface area contributed by atoms with Crippen LogP contribution >= 0.6 is 11.6 Å². The van der Waals surface area contributed by atoms with Crippen molar-refractivity contribution in [3.05, 3.63) is 34.6 Å². The lowest BCUT2D eigenvalue weighted by atomic mass is 9.97. The average Bonchev–Trinajstić information content (AvgIpc) is 2.43. The van der Waals surface area contributed by atoms with Gasteiger partial charge in [0.05, 0.1) is 0 Å². The maximum atomic E-state index is 13.1. The fourth-order valence-corrected chi connectivity index (χ4v) is 3.06. The van der Waals surface area contributed by atoms with E-state index >= 15 is 0 Å². The van der Waals surface area contributed by atoms with E-state index in [0.29, 0.717) is 5.02 Å². The van der Waals surface area contributed by atoms with Gasteiger partial charge in [0, 0.05) is 18.1 Å². The van der Waals surface area contributed by atoms with Crippen molar-refractivity contribution in [3.8, 4) is 0 Å². The highest BCUT2D eigenvalue weighted by Crippen LogP contribution is 2.22. The summed E-state index contributed by atoms with van der Waals surface area (Å²) in [7, 11) is 0. The van der Waals surface area contributed by atoms with Gasteiger partial charge < -0.3 is 5.32 Å². The van der Waals surface area contributed by atoms with E-state index in [1.165, 1.54) is 31.4 Å². The third kappa shape index (κ3) is 4.72. The number of nitrogens with one attached hydrogen (secondary N) is 1. The first kappa shape index (κ1) is 15.7. The number of rotatable bonds is 6. The molecule has 112 valence electrons. The van der Waals surface area contributed by atoms with Crippen molar-refractivity contribution in [2.24, 2.45) is 5.92 Å². The zero-order chi connectivity index (χ0) is 14.4. The average molecular weight is 299 g/mol. The monoisotopic (exact) mass is 298 g/mol. The molecule has 20 heavy (non-hydrogen) atoms. The van der Waals surface area contributed by atoms with E-state index in [2.05, 4.69) is 17.1 Å². The van der Waals surface area contributed by atoms with Gasteiger partial charge in [-0.05, 0) is 62.5 Å². The van der Waals surface area contributed by atoms with E-state index in [1.54, 1.807) is 6.07 Å². The summed E-state index contributed by atoms with van der Waals surface area (Å²) in [5.74, 6) is 0.452. The van der Waals surface area contributed by atoms with Crippen LogP contribution in [0, 0.1) is 11.7 Å². The summed E-state index contributed by atoms with van der Waals surface area (Å²) in [6.45, 7) is 7.42. The van der Waals surface area contributed by atoms with Crippen molar-refractivity contribution in [2.75, 3.05) is 26.2 Å². The summed E-state index contributed by atoms with van der Waals surface area (Å²) < 4.78 is 13.1. The van der Waals surface area contributed by atoms with E-state index in [1.807, 2.05) is 0 Å². The van der Waals surface area contributed by atoms with E-state index in [0.717, 1.165) is 44.2 Å². The summed E-state index contributed by atoms with van der Waals surface area (Å²) in [5, 5.41) is 4.04. The van der Waals surface area contributed by atoms with E-state index in [4.69, 9.17) is 11.6 Å². The quantitative estimate of drug-likeness (QED) is 0.806. The highest BCUT2D eigenvalue weighted by molar-refractivity contribution is 6.31. The minimum absolute atomic E-state index is 0.265. The Kier molecular flexibility index (Phi) is 6.27. The Balaban J connectivity index is 1.86. The summed E-state index contributed by atoms with van der Waals surface area (Å²) >= 11 is 6.11. The largest absolute Gasteiger partial charge is 0.316 e. The number of hydrogen-bond donors (Lipinski definition) is 1. The highest BCUT2D eigenvalue weighted by atomic mass is 35.5. The van der Waals surface area contributed by atoms with Gasteiger partial charge in [-0.2, -0.15) is 0 Å². The third-order valence-electron chi connectivity index (χ3n) is 3.87. The third-order valence-corrected chi connectivity index (χ3v) is 4.22.